The highest BCUT2D eigenvalue weighted by atomic mass is 35.5. The molecule has 4 nitrogen and oxygen atoms in total. The number of nitrogens with one attached hydrogen (secondary N) is 1. The topological polar surface area (TPSA) is 55.4 Å². The van der Waals surface area contributed by atoms with E-state index in [9.17, 15) is 9.59 Å². The van der Waals surface area contributed by atoms with Gasteiger partial charge < -0.3 is 10.1 Å². The van der Waals surface area contributed by atoms with Crippen LogP contribution in [0.25, 0.3) is 16.2 Å². The van der Waals surface area contributed by atoms with Gasteiger partial charge in [-0.2, -0.15) is 0 Å². The highest BCUT2D eigenvalue weighted by Gasteiger charge is 2.12. The molecule has 0 saturated carbocycles. The van der Waals surface area contributed by atoms with Crippen molar-refractivity contribution in [3.8, 4) is 0 Å². The van der Waals surface area contributed by atoms with Crippen LogP contribution >= 0.6 is 34.3 Å². The summed E-state index contributed by atoms with van der Waals surface area (Å²) in [6.07, 6.45) is 2.90. The molecule has 1 aromatic carbocycles. The fraction of sp³-hybridized carbons (Fsp3) is 0.158. The minimum Gasteiger partial charge on any atom is -0.452 e. The minimum atomic E-state index is -0.586. The van der Waals surface area contributed by atoms with Crippen LogP contribution in [0.4, 0.5) is 0 Å². The molecule has 1 atom stereocenters. The van der Waals surface area contributed by atoms with Crippen molar-refractivity contribution in [2.24, 2.45) is 0 Å². The van der Waals surface area contributed by atoms with E-state index in [1.54, 1.807) is 17.4 Å². The Balaban J connectivity index is 1.52. The predicted octanol–water partition coefficient (Wildman–Crippen LogP) is 5.05. The largest absolute Gasteiger partial charge is 0.452 e. The number of hydrogen-bond acceptors (Lipinski definition) is 5. The molecule has 3 rings (SSSR count). The molecule has 0 aliphatic heterocycles. The molecule has 0 saturated heterocycles. The number of fused-ring (bicyclic) bond motifs is 1. The number of rotatable bonds is 6. The van der Waals surface area contributed by atoms with Crippen LogP contribution in [-0.2, 0) is 14.3 Å². The summed E-state index contributed by atoms with van der Waals surface area (Å²) in [5.41, 5.74) is 0. The van der Waals surface area contributed by atoms with E-state index in [2.05, 4.69) is 5.32 Å². The molecule has 0 unspecified atom stereocenters. The minimum absolute atomic E-state index is 0.117. The van der Waals surface area contributed by atoms with Crippen molar-refractivity contribution in [1.29, 1.82) is 0 Å². The Morgan fingerprint density at radius 1 is 1.27 bits per heavy atom. The summed E-state index contributed by atoms with van der Waals surface area (Å²) >= 11 is 9.37. The first-order chi connectivity index (χ1) is 12.5. The van der Waals surface area contributed by atoms with Crippen LogP contribution in [0.5, 0.6) is 0 Å². The molecule has 0 bridgehead atoms. The van der Waals surface area contributed by atoms with Crippen LogP contribution in [0.2, 0.25) is 5.02 Å². The van der Waals surface area contributed by atoms with Gasteiger partial charge in [0.2, 0.25) is 0 Å². The number of amides is 1. The Bertz CT molecular complexity index is 947. The molecular formula is C19H16ClNO3S2. The fourth-order valence-electron chi connectivity index (χ4n) is 2.36. The Labute approximate surface area is 164 Å². The lowest BCUT2D eigenvalue weighted by Gasteiger charge is -2.11. The van der Waals surface area contributed by atoms with Gasteiger partial charge in [0.15, 0.2) is 6.61 Å². The van der Waals surface area contributed by atoms with Crippen molar-refractivity contribution in [3.05, 3.63) is 62.6 Å². The number of esters is 1. The second-order valence-corrected chi connectivity index (χ2v) is 7.96. The van der Waals surface area contributed by atoms with E-state index in [1.165, 1.54) is 17.4 Å². The van der Waals surface area contributed by atoms with Gasteiger partial charge in [0, 0.05) is 25.9 Å². The van der Waals surface area contributed by atoms with Gasteiger partial charge in [0.25, 0.3) is 5.91 Å². The van der Waals surface area contributed by atoms with Crippen molar-refractivity contribution in [3.63, 3.8) is 0 Å². The van der Waals surface area contributed by atoms with Crippen LogP contribution in [0.3, 0.4) is 0 Å². The van der Waals surface area contributed by atoms with E-state index in [1.807, 2.05) is 48.7 Å². The first-order valence-electron chi connectivity index (χ1n) is 7.89. The standard InChI is InChI=1S/C19H16ClNO3S2/c1-12(14-7-4-10-25-14)21-17(22)11-24-18(23)9-8-16-19(20)13-5-2-3-6-15(13)26-16/h2-10,12H,11H2,1H3,(H,21,22)/b9-8+/t12-/m0/s1. The Morgan fingerprint density at radius 3 is 2.81 bits per heavy atom. The van der Waals surface area contributed by atoms with Crippen LogP contribution in [-0.4, -0.2) is 18.5 Å². The van der Waals surface area contributed by atoms with Crippen LogP contribution in [0.15, 0.2) is 47.9 Å². The van der Waals surface area contributed by atoms with Crippen molar-refractivity contribution >= 4 is 62.3 Å². The van der Waals surface area contributed by atoms with Gasteiger partial charge in [-0.3, -0.25) is 4.79 Å². The van der Waals surface area contributed by atoms with E-state index in [4.69, 9.17) is 16.3 Å². The highest BCUT2D eigenvalue weighted by molar-refractivity contribution is 7.20. The van der Waals surface area contributed by atoms with E-state index < -0.39 is 5.97 Å². The predicted molar refractivity (Wildman–Crippen MR) is 108 cm³/mol. The van der Waals surface area contributed by atoms with Crippen LogP contribution in [0.1, 0.15) is 22.7 Å². The van der Waals surface area contributed by atoms with E-state index in [0.717, 1.165) is 19.8 Å². The third-order valence-electron chi connectivity index (χ3n) is 3.62. The number of ether oxygens (including phenoxy) is 1. The lowest BCUT2D eigenvalue weighted by molar-refractivity contribution is -0.144. The molecule has 0 radical (unpaired) electrons. The zero-order valence-corrected chi connectivity index (χ0v) is 16.3. The van der Waals surface area contributed by atoms with Gasteiger partial charge in [0.1, 0.15) is 0 Å². The van der Waals surface area contributed by atoms with Gasteiger partial charge >= 0.3 is 5.97 Å². The first-order valence-corrected chi connectivity index (χ1v) is 9.96. The van der Waals surface area contributed by atoms with Gasteiger partial charge in [-0.1, -0.05) is 35.9 Å². The molecule has 3 aromatic rings. The molecule has 0 aliphatic rings. The van der Waals surface area contributed by atoms with E-state index in [0.29, 0.717) is 5.02 Å². The molecule has 2 aromatic heterocycles. The molecule has 0 fully saturated rings. The molecular weight excluding hydrogens is 390 g/mol. The summed E-state index contributed by atoms with van der Waals surface area (Å²) < 4.78 is 6.03. The molecule has 1 N–H and O–H groups in total. The second kappa shape index (κ2) is 8.49. The average molecular weight is 406 g/mol. The first kappa shape index (κ1) is 18.6. The summed E-state index contributed by atoms with van der Waals surface area (Å²) in [5, 5.41) is 6.30. The van der Waals surface area contributed by atoms with Crippen molar-refractivity contribution in [2.45, 2.75) is 13.0 Å². The maximum atomic E-state index is 11.9. The maximum absolute atomic E-state index is 11.9. The summed E-state index contributed by atoms with van der Waals surface area (Å²) in [5.74, 6) is -0.926. The molecule has 1 amide bonds. The molecule has 26 heavy (non-hydrogen) atoms. The summed E-state index contributed by atoms with van der Waals surface area (Å²) in [7, 11) is 0. The Morgan fingerprint density at radius 2 is 2.08 bits per heavy atom. The average Bonchev–Trinajstić information content (AvgIpc) is 3.27. The highest BCUT2D eigenvalue weighted by Crippen LogP contribution is 2.35. The zero-order chi connectivity index (χ0) is 18.5. The number of thiophene rings is 2. The third kappa shape index (κ3) is 4.52. The zero-order valence-electron chi connectivity index (χ0n) is 13.9. The molecule has 0 aliphatic carbocycles. The Kier molecular flexibility index (Phi) is 6.08. The fourth-order valence-corrected chi connectivity index (χ4v) is 4.49. The quantitative estimate of drug-likeness (QED) is 0.461. The number of halogens is 1. The van der Waals surface area contributed by atoms with E-state index in [-0.39, 0.29) is 18.6 Å². The van der Waals surface area contributed by atoms with Crippen LogP contribution in [0, 0.1) is 0 Å². The van der Waals surface area contributed by atoms with Crippen molar-refractivity contribution in [2.75, 3.05) is 6.61 Å². The number of benzene rings is 1. The smallest absolute Gasteiger partial charge is 0.331 e. The van der Waals surface area contributed by atoms with Crippen molar-refractivity contribution in [1.82, 2.24) is 5.32 Å². The van der Waals surface area contributed by atoms with Gasteiger partial charge in [-0.15, -0.1) is 22.7 Å². The number of hydrogen-bond donors (Lipinski definition) is 1. The maximum Gasteiger partial charge on any atom is 0.331 e. The molecule has 2 heterocycles. The normalized spacial score (nSPS) is 12.4. The molecule has 134 valence electrons. The molecule has 0 spiro atoms. The van der Waals surface area contributed by atoms with Crippen LogP contribution < -0.4 is 5.32 Å². The third-order valence-corrected chi connectivity index (χ3v) is 6.33. The monoisotopic (exact) mass is 405 g/mol. The van der Waals surface area contributed by atoms with Gasteiger partial charge in [-0.05, 0) is 30.5 Å². The van der Waals surface area contributed by atoms with Gasteiger partial charge in [0.05, 0.1) is 11.1 Å². The summed E-state index contributed by atoms with van der Waals surface area (Å²) in [6.45, 7) is 1.56. The summed E-state index contributed by atoms with van der Waals surface area (Å²) in [4.78, 5) is 25.5. The second-order valence-electron chi connectivity index (χ2n) is 5.52. The van der Waals surface area contributed by atoms with Gasteiger partial charge in [-0.25, -0.2) is 4.79 Å². The molecule has 7 heteroatoms. The number of carbonyl (C=O) groups is 2. The summed E-state index contributed by atoms with van der Waals surface area (Å²) in [6, 6.07) is 11.5. The van der Waals surface area contributed by atoms with Crippen molar-refractivity contribution < 1.29 is 14.3 Å². The lowest BCUT2D eigenvalue weighted by Crippen LogP contribution is -2.30. The Hall–Kier alpha value is -2.15. The van der Waals surface area contributed by atoms with E-state index >= 15 is 0 Å². The SMILES string of the molecule is C[C@H](NC(=O)COC(=O)/C=C/c1sc2ccccc2c1Cl)c1cccs1. The number of carbonyl (C=O) groups excluding carboxylic acids is 2. The lowest BCUT2D eigenvalue weighted by atomic mass is 10.2.